The summed E-state index contributed by atoms with van der Waals surface area (Å²) in [7, 11) is 1.62. The first-order valence-corrected chi connectivity index (χ1v) is 10.6. The largest absolute Gasteiger partial charge is 0.497 e. The van der Waals surface area contributed by atoms with Gasteiger partial charge in [-0.25, -0.2) is 4.79 Å². The number of rotatable bonds is 10. The van der Waals surface area contributed by atoms with Crippen LogP contribution in [0.4, 0.5) is 4.79 Å². The summed E-state index contributed by atoms with van der Waals surface area (Å²) in [6.45, 7) is 8.12. The van der Waals surface area contributed by atoms with E-state index in [9.17, 15) is 4.79 Å². The number of amides is 1. The molecule has 3 aromatic carbocycles. The Hall–Kier alpha value is -3.77. The van der Waals surface area contributed by atoms with Crippen LogP contribution < -0.4 is 15.0 Å². The summed E-state index contributed by atoms with van der Waals surface area (Å²) in [5.41, 5.74) is 7.36. The minimum Gasteiger partial charge on any atom is -0.497 e. The van der Waals surface area contributed by atoms with Gasteiger partial charge in [0.25, 0.3) is 0 Å². The number of hydroxylamine groups is 1. The number of hydrogen-bond donors (Lipinski definition) is 1. The lowest BCUT2D eigenvalue weighted by molar-refractivity contribution is -0.00484. The van der Waals surface area contributed by atoms with Crippen LogP contribution in [0.25, 0.3) is 0 Å². The van der Waals surface area contributed by atoms with Crippen molar-refractivity contribution in [2.24, 2.45) is 0 Å². The molecule has 1 atom stereocenters. The molecular formula is C27H29NO5. The van der Waals surface area contributed by atoms with Crippen LogP contribution in [0, 0.1) is 13.8 Å². The maximum Gasteiger partial charge on any atom is 0.431 e. The summed E-state index contributed by atoms with van der Waals surface area (Å²) in [6.07, 6.45) is 0.238. The Bertz CT molecular complexity index is 1060. The Morgan fingerprint density at radius 3 is 2.33 bits per heavy atom. The highest BCUT2D eigenvalue weighted by atomic mass is 16.7. The molecule has 1 amide bonds. The molecule has 0 aliphatic rings. The SMILES string of the molecule is C=CCOC(=O)NOC(c1ccc(OCc2ccc(C)cc2)cc1)c1ccc(OC)cc1C. The Labute approximate surface area is 194 Å². The van der Waals surface area contributed by atoms with Crippen molar-refractivity contribution in [3.8, 4) is 11.5 Å². The number of methoxy groups -OCH3 is 1. The molecule has 0 aliphatic carbocycles. The smallest absolute Gasteiger partial charge is 0.431 e. The van der Waals surface area contributed by atoms with Crippen LogP contribution >= 0.6 is 0 Å². The molecule has 0 fully saturated rings. The van der Waals surface area contributed by atoms with Gasteiger partial charge in [-0.1, -0.05) is 60.7 Å². The van der Waals surface area contributed by atoms with Gasteiger partial charge in [0, 0.05) is 0 Å². The first-order valence-electron chi connectivity index (χ1n) is 10.6. The molecule has 1 N–H and O–H groups in total. The fourth-order valence-electron chi connectivity index (χ4n) is 3.24. The highest BCUT2D eigenvalue weighted by Crippen LogP contribution is 2.31. The normalized spacial score (nSPS) is 11.4. The second-order valence-corrected chi connectivity index (χ2v) is 7.55. The van der Waals surface area contributed by atoms with Crippen LogP contribution in [0.15, 0.2) is 79.4 Å². The van der Waals surface area contributed by atoms with Gasteiger partial charge < -0.3 is 14.2 Å². The molecule has 0 radical (unpaired) electrons. The standard InChI is InChI=1S/C27H29NO5/c1-5-16-31-27(29)28-33-26(25-15-14-24(30-4)17-20(25)3)22-10-12-23(13-11-22)32-18-21-8-6-19(2)7-9-21/h5-15,17,26H,1,16,18H2,2-4H3,(H,28,29). The molecule has 3 aromatic rings. The first-order chi connectivity index (χ1) is 16.0. The molecule has 0 spiro atoms. The molecule has 3 rings (SSSR count). The van der Waals surface area contributed by atoms with Crippen LogP contribution in [0.3, 0.4) is 0 Å². The topological polar surface area (TPSA) is 66.0 Å². The number of aryl methyl sites for hydroxylation is 2. The fourth-order valence-corrected chi connectivity index (χ4v) is 3.24. The number of ether oxygens (including phenoxy) is 3. The van der Waals surface area contributed by atoms with Gasteiger partial charge in [0.2, 0.25) is 0 Å². The van der Waals surface area contributed by atoms with Crippen LogP contribution in [-0.4, -0.2) is 19.8 Å². The van der Waals surface area contributed by atoms with Gasteiger partial charge in [-0.2, -0.15) is 5.48 Å². The summed E-state index contributed by atoms with van der Waals surface area (Å²) >= 11 is 0. The van der Waals surface area contributed by atoms with Gasteiger partial charge >= 0.3 is 6.09 Å². The van der Waals surface area contributed by atoms with E-state index < -0.39 is 12.2 Å². The second-order valence-electron chi connectivity index (χ2n) is 7.55. The Morgan fingerprint density at radius 1 is 1.00 bits per heavy atom. The monoisotopic (exact) mass is 447 g/mol. The Morgan fingerprint density at radius 2 is 1.70 bits per heavy atom. The van der Waals surface area contributed by atoms with Crippen molar-refractivity contribution in [1.29, 1.82) is 0 Å². The quantitative estimate of drug-likeness (QED) is 0.313. The number of benzene rings is 3. The van der Waals surface area contributed by atoms with Gasteiger partial charge in [-0.15, -0.1) is 0 Å². The molecule has 0 aliphatic heterocycles. The summed E-state index contributed by atoms with van der Waals surface area (Å²) < 4.78 is 16.2. The van der Waals surface area contributed by atoms with Gasteiger partial charge in [0.15, 0.2) is 0 Å². The van der Waals surface area contributed by atoms with Gasteiger partial charge in [0.05, 0.1) is 7.11 Å². The first kappa shape index (κ1) is 23.9. The van der Waals surface area contributed by atoms with Crippen molar-refractivity contribution in [2.45, 2.75) is 26.6 Å². The summed E-state index contributed by atoms with van der Waals surface area (Å²) in [4.78, 5) is 17.7. The lowest BCUT2D eigenvalue weighted by Gasteiger charge is -2.21. The minimum absolute atomic E-state index is 0.0917. The summed E-state index contributed by atoms with van der Waals surface area (Å²) in [6, 6.07) is 21.5. The van der Waals surface area contributed by atoms with Crippen molar-refractivity contribution >= 4 is 6.09 Å². The molecule has 0 saturated carbocycles. The van der Waals surface area contributed by atoms with Gasteiger partial charge in [-0.05, 0) is 60.4 Å². The third-order valence-corrected chi connectivity index (χ3v) is 5.06. The fraction of sp³-hybridized carbons (Fsp3) is 0.222. The van der Waals surface area contributed by atoms with E-state index in [1.54, 1.807) is 7.11 Å². The van der Waals surface area contributed by atoms with E-state index >= 15 is 0 Å². The third kappa shape index (κ3) is 6.85. The molecule has 6 nitrogen and oxygen atoms in total. The molecule has 0 heterocycles. The van der Waals surface area contributed by atoms with Gasteiger partial charge in [-0.3, -0.25) is 4.84 Å². The average molecular weight is 448 g/mol. The summed E-state index contributed by atoms with van der Waals surface area (Å²) in [5, 5.41) is 0. The number of hydrogen-bond acceptors (Lipinski definition) is 5. The summed E-state index contributed by atoms with van der Waals surface area (Å²) in [5.74, 6) is 1.48. The zero-order valence-corrected chi connectivity index (χ0v) is 19.2. The van der Waals surface area contributed by atoms with Crippen molar-refractivity contribution in [3.05, 3.63) is 107 Å². The molecule has 6 heteroatoms. The molecule has 0 saturated heterocycles. The van der Waals surface area contributed by atoms with E-state index in [-0.39, 0.29) is 6.61 Å². The third-order valence-electron chi connectivity index (χ3n) is 5.06. The van der Waals surface area contributed by atoms with E-state index in [0.717, 1.165) is 33.8 Å². The molecule has 172 valence electrons. The molecule has 0 aromatic heterocycles. The van der Waals surface area contributed by atoms with Crippen LogP contribution in [0.1, 0.15) is 33.9 Å². The van der Waals surface area contributed by atoms with Gasteiger partial charge in [0.1, 0.15) is 30.8 Å². The lowest BCUT2D eigenvalue weighted by Crippen LogP contribution is -2.27. The van der Waals surface area contributed by atoms with Crippen LogP contribution in [-0.2, 0) is 16.2 Å². The van der Waals surface area contributed by atoms with E-state index in [4.69, 9.17) is 19.0 Å². The van der Waals surface area contributed by atoms with E-state index in [2.05, 4.69) is 43.2 Å². The molecular weight excluding hydrogens is 418 g/mol. The number of carbonyl (C=O) groups is 1. The minimum atomic E-state index is -0.691. The van der Waals surface area contributed by atoms with Crippen molar-refractivity contribution in [3.63, 3.8) is 0 Å². The maximum absolute atomic E-state index is 11.9. The predicted octanol–water partition coefficient (Wildman–Crippen LogP) is 5.82. The highest BCUT2D eigenvalue weighted by Gasteiger charge is 2.20. The predicted molar refractivity (Wildman–Crippen MR) is 127 cm³/mol. The molecule has 1 unspecified atom stereocenters. The van der Waals surface area contributed by atoms with Crippen molar-refractivity contribution < 1.29 is 23.8 Å². The number of carbonyl (C=O) groups excluding carboxylic acids is 1. The van der Waals surface area contributed by atoms with Crippen molar-refractivity contribution in [2.75, 3.05) is 13.7 Å². The van der Waals surface area contributed by atoms with Crippen molar-refractivity contribution in [1.82, 2.24) is 5.48 Å². The highest BCUT2D eigenvalue weighted by molar-refractivity contribution is 5.66. The zero-order valence-electron chi connectivity index (χ0n) is 19.2. The lowest BCUT2D eigenvalue weighted by atomic mass is 9.97. The Kier molecular flexibility index (Phi) is 8.49. The maximum atomic E-state index is 11.9. The van der Waals surface area contributed by atoms with E-state index in [1.165, 1.54) is 11.6 Å². The molecule has 0 bridgehead atoms. The zero-order chi connectivity index (χ0) is 23.6. The molecule has 33 heavy (non-hydrogen) atoms. The number of nitrogens with one attached hydrogen (secondary N) is 1. The Balaban J connectivity index is 1.76. The second kappa shape index (κ2) is 11.7. The van der Waals surface area contributed by atoms with Crippen LogP contribution in [0.2, 0.25) is 0 Å². The van der Waals surface area contributed by atoms with Crippen LogP contribution in [0.5, 0.6) is 11.5 Å². The average Bonchev–Trinajstić information content (AvgIpc) is 2.84. The van der Waals surface area contributed by atoms with E-state index in [1.807, 2.05) is 49.4 Å². The van der Waals surface area contributed by atoms with E-state index in [0.29, 0.717) is 6.61 Å².